The fourth-order valence-electron chi connectivity index (χ4n) is 8.49. The average Bonchev–Trinajstić information content (AvgIpc) is 2.97. The molecule has 0 aliphatic carbocycles. The van der Waals surface area contributed by atoms with E-state index in [0.717, 1.165) is 54.5 Å². The predicted molar refractivity (Wildman–Crippen MR) is 264 cm³/mol. The lowest BCUT2D eigenvalue weighted by Crippen LogP contribution is -2.62. The van der Waals surface area contributed by atoms with Gasteiger partial charge in [-0.25, -0.2) is 0 Å². The van der Waals surface area contributed by atoms with Gasteiger partial charge in [0.25, 0.3) is 0 Å². The summed E-state index contributed by atoms with van der Waals surface area (Å²) in [4.78, 5) is 0. The Hall–Kier alpha value is -0.368. The number of aromatic hydroxyl groups is 1. The van der Waals surface area contributed by atoms with Crippen LogP contribution in [0, 0.1) is 6.92 Å². The molecule has 0 saturated carbocycles. The van der Waals surface area contributed by atoms with Crippen LogP contribution in [-0.4, -0.2) is 93.9 Å². The van der Waals surface area contributed by atoms with E-state index in [2.05, 4.69) is 136 Å². The van der Waals surface area contributed by atoms with Crippen molar-refractivity contribution < 1.29 is 47.9 Å². The second-order valence-corrected chi connectivity index (χ2v) is 54.4. The van der Waals surface area contributed by atoms with Gasteiger partial charge in [-0.15, -0.1) is 0 Å². The van der Waals surface area contributed by atoms with E-state index in [1.807, 2.05) is 19.1 Å². The number of methoxy groups -OCH3 is 1. The fourth-order valence-corrected chi connectivity index (χ4v) is 54.2. The average molecular weight is 980 g/mol. The summed E-state index contributed by atoms with van der Waals surface area (Å²) in [6, 6.07) is 13.9. The first-order valence-corrected chi connectivity index (χ1v) is 47.1. The van der Waals surface area contributed by atoms with Crippen molar-refractivity contribution in [2.24, 2.45) is 0 Å². The Kier molecular flexibility index (Phi) is 19.6. The van der Waals surface area contributed by atoms with E-state index in [9.17, 15) is 10.2 Å². The van der Waals surface area contributed by atoms with Crippen LogP contribution in [0.2, 0.25) is 130 Å². The second kappa shape index (κ2) is 21.1. The third-order valence-electron chi connectivity index (χ3n) is 9.31. The molecule has 0 radical (unpaired) electrons. The first-order valence-electron chi connectivity index (χ1n) is 21.2. The van der Waals surface area contributed by atoms with Crippen LogP contribution in [0.5, 0.6) is 11.5 Å². The maximum atomic E-state index is 9.95. The van der Waals surface area contributed by atoms with Crippen molar-refractivity contribution in [3.05, 3.63) is 58.7 Å². The minimum absolute atomic E-state index is 0.0724. The molecule has 0 saturated heterocycles. The smallest absolute Gasteiger partial charge is 0.314 e. The molecule has 2 rings (SSSR count). The monoisotopic (exact) mass is 978 g/mol. The van der Waals surface area contributed by atoms with Gasteiger partial charge in [-0.05, 0) is 197 Å². The zero-order valence-corrected chi connectivity index (χ0v) is 49.5. The summed E-state index contributed by atoms with van der Waals surface area (Å²) >= 11 is 0. The third kappa shape index (κ3) is 21.2. The summed E-state index contributed by atoms with van der Waals surface area (Å²) in [5.74, 6) is 0.657. The molecule has 2 aromatic carbocycles. The van der Waals surface area contributed by atoms with Crippen molar-refractivity contribution in [2.45, 2.75) is 169 Å². The van der Waals surface area contributed by atoms with Crippen molar-refractivity contribution in [2.75, 3.05) is 7.11 Å². The van der Waals surface area contributed by atoms with Crippen molar-refractivity contribution in [1.82, 2.24) is 0 Å². The number of hydrogen-bond donors (Lipinski definition) is 2. The summed E-state index contributed by atoms with van der Waals surface area (Å²) in [5.41, 5.74) is 4.52. The molecule has 11 nitrogen and oxygen atoms in total. The van der Waals surface area contributed by atoms with Crippen LogP contribution in [0.1, 0.15) is 35.1 Å². The van der Waals surface area contributed by atoms with Crippen molar-refractivity contribution in [3.63, 3.8) is 0 Å². The van der Waals surface area contributed by atoms with Gasteiger partial charge in [-0.3, -0.25) is 0 Å². The molecule has 0 heterocycles. The van der Waals surface area contributed by atoms with Gasteiger partial charge in [-0.1, -0.05) is 24.3 Å². The number of hydrogen-bond acceptors (Lipinski definition) is 11. The van der Waals surface area contributed by atoms with Crippen molar-refractivity contribution >= 4 is 76.6 Å². The van der Waals surface area contributed by atoms with Crippen LogP contribution in [0.4, 0.5) is 0 Å². The lowest BCUT2D eigenvalue weighted by Gasteiger charge is -2.44. The summed E-state index contributed by atoms with van der Waals surface area (Å²) in [6.45, 7) is 40.6. The number of aliphatic hydroxyl groups is 1. The molecular formula is C39H82O11Si9. The number of aryl methyl sites for hydroxylation is 3. The number of phenolic OH excluding ortho intramolecular Hbond substituents is 1. The van der Waals surface area contributed by atoms with E-state index in [1.165, 1.54) is 5.56 Å². The molecule has 2 aromatic rings. The van der Waals surface area contributed by atoms with Crippen LogP contribution in [0.3, 0.4) is 0 Å². The summed E-state index contributed by atoms with van der Waals surface area (Å²) in [5, 5.41) is 19.6. The minimum Gasteiger partial charge on any atom is -0.504 e. The standard InChI is InChI=1S/C39H82O11Si9/c1-34-25-26-35(31-37(34)33-40)23-21-29-51(3,4)43-53(7,8)45-55(11,12)47-57(15,16)49-59(19,20)50-58(17,18)48-56(13,14)46-54(9,10)44-52(5,6)30-22-24-36-27-28-38(41)39(32-36)42-2/h25-28,31-32,40-41H,21-24,29-30,33H2,1-20H3. The molecule has 0 amide bonds. The second-order valence-electron chi connectivity index (χ2n) is 20.3. The molecule has 0 atom stereocenters. The lowest BCUT2D eigenvalue weighted by molar-refractivity contribution is 0.260. The largest absolute Gasteiger partial charge is 0.504 e. The van der Waals surface area contributed by atoms with Crippen LogP contribution < -0.4 is 4.74 Å². The Labute approximate surface area is 368 Å². The SMILES string of the molecule is COc1cc(CCC[Si](C)(C)O[Si](C)(C)O[Si](C)(C)O[Si](C)(C)O[Si](C)(C)O[Si](C)(C)O[Si](C)(C)O[Si](C)(C)O[Si](C)(C)CCCc2ccc(C)c(CO)c2)ccc1O. The summed E-state index contributed by atoms with van der Waals surface area (Å²) in [6.07, 6.45) is 3.86. The summed E-state index contributed by atoms with van der Waals surface area (Å²) < 4.78 is 60.1. The first kappa shape index (κ1) is 54.8. The highest BCUT2D eigenvalue weighted by Crippen LogP contribution is 2.32. The molecule has 0 fully saturated rings. The van der Waals surface area contributed by atoms with Crippen LogP contribution >= 0.6 is 0 Å². The maximum absolute atomic E-state index is 9.95. The van der Waals surface area contributed by atoms with Crippen LogP contribution in [-0.2, 0) is 52.4 Å². The Morgan fingerprint density at radius 2 is 0.780 bits per heavy atom. The number of phenols is 1. The number of ether oxygens (including phenoxy) is 1. The van der Waals surface area contributed by atoms with Gasteiger partial charge in [0, 0.05) is 0 Å². The summed E-state index contributed by atoms with van der Waals surface area (Å²) in [7, 11) is -21.1. The van der Waals surface area contributed by atoms with Crippen LogP contribution in [0.15, 0.2) is 36.4 Å². The first-order chi connectivity index (χ1) is 26.5. The number of aliphatic hydroxyl groups excluding tert-OH is 1. The molecule has 0 aromatic heterocycles. The Bertz CT molecular complexity index is 1530. The zero-order chi connectivity index (χ0) is 45.5. The van der Waals surface area contributed by atoms with Gasteiger partial charge in [0.1, 0.15) is 0 Å². The molecule has 0 aliphatic heterocycles. The van der Waals surface area contributed by atoms with Gasteiger partial charge in [0.2, 0.25) is 0 Å². The fraction of sp³-hybridized carbons (Fsp3) is 0.692. The highest BCUT2D eigenvalue weighted by molar-refractivity contribution is 6.93. The maximum Gasteiger partial charge on any atom is 0.314 e. The van der Waals surface area contributed by atoms with Gasteiger partial charge >= 0.3 is 59.9 Å². The quantitative estimate of drug-likeness (QED) is 0.0876. The predicted octanol–water partition coefficient (Wildman–Crippen LogP) is 11.2. The van der Waals surface area contributed by atoms with E-state index >= 15 is 0 Å². The Morgan fingerprint density at radius 1 is 0.458 bits per heavy atom. The van der Waals surface area contributed by atoms with E-state index in [4.69, 9.17) is 37.7 Å². The molecule has 340 valence electrons. The number of rotatable bonds is 26. The van der Waals surface area contributed by atoms with E-state index in [0.29, 0.717) is 5.75 Å². The topological polar surface area (TPSA) is 124 Å². The van der Waals surface area contributed by atoms with Crippen molar-refractivity contribution in [3.8, 4) is 11.5 Å². The molecule has 0 aliphatic rings. The van der Waals surface area contributed by atoms with Gasteiger partial charge < -0.3 is 47.9 Å². The third-order valence-corrected chi connectivity index (χ3v) is 44.4. The molecular weight excluding hydrogens is 897 g/mol. The molecule has 0 unspecified atom stereocenters. The lowest BCUT2D eigenvalue weighted by atomic mass is 10.0. The van der Waals surface area contributed by atoms with E-state index < -0.39 is 76.6 Å². The Balaban J connectivity index is 1.95. The molecule has 20 heteroatoms. The van der Waals surface area contributed by atoms with Crippen LogP contribution in [0.25, 0.3) is 0 Å². The molecule has 0 spiro atoms. The van der Waals surface area contributed by atoms with Gasteiger partial charge in [0.15, 0.2) is 28.1 Å². The highest BCUT2D eigenvalue weighted by atomic mass is 28.5. The van der Waals surface area contributed by atoms with E-state index in [-0.39, 0.29) is 12.4 Å². The highest BCUT2D eigenvalue weighted by Gasteiger charge is 2.50. The van der Waals surface area contributed by atoms with Gasteiger partial charge in [0.05, 0.1) is 13.7 Å². The zero-order valence-electron chi connectivity index (χ0n) is 40.5. The molecule has 2 N–H and O–H groups in total. The molecule has 0 bridgehead atoms. The van der Waals surface area contributed by atoms with Crippen molar-refractivity contribution in [1.29, 1.82) is 0 Å². The van der Waals surface area contributed by atoms with Gasteiger partial charge in [-0.2, -0.15) is 0 Å². The molecule has 59 heavy (non-hydrogen) atoms. The van der Waals surface area contributed by atoms with E-state index in [1.54, 1.807) is 13.2 Å². The number of benzene rings is 2. The Morgan fingerprint density at radius 3 is 1.12 bits per heavy atom. The minimum atomic E-state index is -2.73. The normalized spacial score (nSPS) is 14.3.